The van der Waals surface area contributed by atoms with Crippen molar-refractivity contribution < 1.29 is 18.7 Å². The lowest BCUT2D eigenvalue weighted by Gasteiger charge is -2.16. The molecule has 1 aromatic heterocycles. The topological polar surface area (TPSA) is 74.4 Å². The number of ether oxygens (including phenoxy) is 1. The number of imide groups is 1. The highest BCUT2D eigenvalue weighted by Gasteiger charge is 2.40. The van der Waals surface area contributed by atoms with Crippen LogP contribution in [0.3, 0.4) is 0 Å². The van der Waals surface area contributed by atoms with Crippen molar-refractivity contribution in [3.63, 3.8) is 0 Å². The molecule has 28 heavy (non-hydrogen) atoms. The molecule has 1 fully saturated rings. The summed E-state index contributed by atoms with van der Waals surface area (Å²) >= 11 is 0. The third kappa shape index (κ3) is 3.25. The van der Waals surface area contributed by atoms with Gasteiger partial charge in [0.2, 0.25) is 5.91 Å². The number of H-pyrrole nitrogens is 1. The number of nitrogens with one attached hydrogen (secondary N) is 2. The maximum Gasteiger partial charge on any atom is 0.251 e. The normalized spacial score (nSPS) is 16.9. The Hall–Kier alpha value is -3.19. The van der Waals surface area contributed by atoms with Crippen LogP contribution in [0.2, 0.25) is 0 Å². The van der Waals surface area contributed by atoms with Crippen LogP contribution in [-0.2, 0) is 16.0 Å². The van der Waals surface area contributed by atoms with Gasteiger partial charge in [-0.25, -0.2) is 9.29 Å². The second-order valence-electron chi connectivity index (χ2n) is 6.71. The molecule has 2 N–H and O–H groups in total. The van der Waals surface area contributed by atoms with E-state index in [0.717, 1.165) is 27.1 Å². The second kappa shape index (κ2) is 7.44. The van der Waals surface area contributed by atoms with E-state index in [-0.39, 0.29) is 12.1 Å². The van der Waals surface area contributed by atoms with Crippen LogP contribution in [0.25, 0.3) is 10.9 Å². The number of aromatic nitrogens is 1. The van der Waals surface area contributed by atoms with Crippen LogP contribution < -0.4 is 15.0 Å². The van der Waals surface area contributed by atoms with E-state index >= 15 is 0 Å². The fourth-order valence-electron chi connectivity index (χ4n) is 3.55. The number of carbonyl (C=O) groups is 2. The second-order valence-corrected chi connectivity index (χ2v) is 6.71. The number of benzene rings is 2. The molecule has 1 saturated heterocycles. The molecule has 0 unspecified atom stereocenters. The molecule has 7 heteroatoms. The summed E-state index contributed by atoms with van der Waals surface area (Å²) in [7, 11) is 1.62. The summed E-state index contributed by atoms with van der Waals surface area (Å²) in [5, 5.41) is 4.19. The molecule has 4 rings (SSSR count). The minimum atomic E-state index is -0.646. The molecule has 144 valence electrons. The van der Waals surface area contributed by atoms with Gasteiger partial charge in [0.1, 0.15) is 11.6 Å². The van der Waals surface area contributed by atoms with Crippen molar-refractivity contribution in [2.75, 3.05) is 18.6 Å². The monoisotopic (exact) mass is 381 g/mol. The number of rotatable bonds is 6. The van der Waals surface area contributed by atoms with Gasteiger partial charge in [-0.15, -0.1) is 0 Å². The number of aromatic amines is 1. The van der Waals surface area contributed by atoms with E-state index in [9.17, 15) is 14.0 Å². The molecular formula is C21H20FN3O3. The Morgan fingerprint density at radius 3 is 2.86 bits per heavy atom. The van der Waals surface area contributed by atoms with Crippen LogP contribution in [0.15, 0.2) is 48.7 Å². The molecule has 2 heterocycles. The lowest BCUT2D eigenvalue weighted by molar-refractivity contribution is -0.121. The zero-order valence-corrected chi connectivity index (χ0v) is 15.4. The van der Waals surface area contributed by atoms with E-state index in [1.807, 2.05) is 24.4 Å². The molecule has 0 spiro atoms. The van der Waals surface area contributed by atoms with Crippen LogP contribution in [0.1, 0.15) is 12.0 Å². The summed E-state index contributed by atoms with van der Waals surface area (Å²) in [5.41, 5.74) is 2.10. The van der Waals surface area contributed by atoms with E-state index in [1.54, 1.807) is 13.2 Å². The zero-order chi connectivity index (χ0) is 19.7. The number of anilines is 1. The average molecular weight is 381 g/mol. The van der Waals surface area contributed by atoms with Gasteiger partial charge in [0.15, 0.2) is 0 Å². The molecule has 0 bridgehead atoms. The Morgan fingerprint density at radius 1 is 1.25 bits per heavy atom. The number of carbonyl (C=O) groups excluding carboxylic acids is 2. The molecule has 0 aliphatic carbocycles. The van der Waals surface area contributed by atoms with Gasteiger partial charge in [0.05, 0.1) is 25.3 Å². The summed E-state index contributed by atoms with van der Waals surface area (Å²) in [6, 6.07) is 11.0. The number of hydrogen-bond acceptors (Lipinski definition) is 4. The molecule has 3 aromatic rings. The minimum absolute atomic E-state index is 0.00511. The average Bonchev–Trinajstić information content (AvgIpc) is 3.22. The molecule has 2 amide bonds. The third-order valence-corrected chi connectivity index (χ3v) is 5.00. The highest BCUT2D eigenvalue weighted by atomic mass is 19.1. The molecule has 1 aliphatic heterocycles. The Balaban J connectivity index is 1.43. The predicted molar refractivity (Wildman–Crippen MR) is 104 cm³/mol. The number of nitrogens with zero attached hydrogens (tertiary/aromatic N) is 1. The third-order valence-electron chi connectivity index (χ3n) is 5.00. The van der Waals surface area contributed by atoms with Crippen molar-refractivity contribution in [2.24, 2.45) is 0 Å². The van der Waals surface area contributed by atoms with E-state index in [0.29, 0.717) is 13.0 Å². The Kier molecular flexibility index (Phi) is 4.83. The maximum absolute atomic E-state index is 14.0. The standard InChI is InChI=1S/C21H20FN3O3/c1-28-14-6-7-17-15(10-14)13(12-24-17)8-9-23-18-11-20(26)25(21(18)27)19-5-3-2-4-16(19)22/h2-7,10,12,18,23-24H,8-9,11H2,1H3/t18-/m0/s1. The van der Waals surface area contributed by atoms with Gasteiger partial charge in [-0.1, -0.05) is 12.1 Å². The fraction of sp³-hybridized carbons (Fsp3) is 0.238. The molecule has 1 atom stereocenters. The Bertz CT molecular complexity index is 1050. The first-order valence-corrected chi connectivity index (χ1v) is 9.07. The summed E-state index contributed by atoms with van der Waals surface area (Å²) in [6.07, 6.45) is 2.62. The summed E-state index contributed by atoms with van der Waals surface area (Å²) in [5.74, 6) is -0.629. The predicted octanol–water partition coefficient (Wildman–Crippen LogP) is 2.78. The molecule has 0 radical (unpaired) electrons. The molecule has 0 saturated carbocycles. The van der Waals surface area contributed by atoms with Crippen molar-refractivity contribution in [2.45, 2.75) is 18.9 Å². The summed E-state index contributed by atoms with van der Waals surface area (Å²) in [6.45, 7) is 0.513. The van der Waals surface area contributed by atoms with E-state index in [2.05, 4.69) is 10.3 Å². The lowest BCUT2D eigenvalue weighted by Crippen LogP contribution is -2.39. The van der Waals surface area contributed by atoms with Crippen molar-refractivity contribution in [1.29, 1.82) is 0 Å². The molecule has 6 nitrogen and oxygen atoms in total. The van der Waals surface area contributed by atoms with Crippen molar-refractivity contribution >= 4 is 28.4 Å². The van der Waals surface area contributed by atoms with Crippen molar-refractivity contribution in [3.05, 3.63) is 60.0 Å². The summed E-state index contributed by atoms with van der Waals surface area (Å²) < 4.78 is 19.3. The smallest absolute Gasteiger partial charge is 0.251 e. The quantitative estimate of drug-likeness (QED) is 0.644. The largest absolute Gasteiger partial charge is 0.497 e. The van der Waals surface area contributed by atoms with Gasteiger partial charge >= 0.3 is 0 Å². The van der Waals surface area contributed by atoms with Gasteiger partial charge in [-0.3, -0.25) is 9.59 Å². The molecular weight excluding hydrogens is 361 g/mol. The van der Waals surface area contributed by atoms with E-state index < -0.39 is 23.7 Å². The first kappa shape index (κ1) is 18.2. The number of fused-ring (bicyclic) bond motifs is 1. The maximum atomic E-state index is 14.0. The van der Waals surface area contributed by atoms with Gasteiger partial charge in [0, 0.05) is 23.6 Å². The van der Waals surface area contributed by atoms with E-state index in [1.165, 1.54) is 18.2 Å². The minimum Gasteiger partial charge on any atom is -0.497 e. The zero-order valence-electron chi connectivity index (χ0n) is 15.4. The number of hydrogen-bond donors (Lipinski definition) is 2. The molecule has 2 aromatic carbocycles. The Labute approximate surface area is 161 Å². The lowest BCUT2D eigenvalue weighted by atomic mass is 10.1. The number of halogens is 1. The van der Waals surface area contributed by atoms with Crippen LogP contribution in [0.4, 0.5) is 10.1 Å². The van der Waals surface area contributed by atoms with Crippen LogP contribution in [0, 0.1) is 5.82 Å². The van der Waals surface area contributed by atoms with Crippen LogP contribution in [0.5, 0.6) is 5.75 Å². The van der Waals surface area contributed by atoms with Gasteiger partial charge in [-0.05, 0) is 42.3 Å². The Morgan fingerprint density at radius 2 is 2.07 bits per heavy atom. The molecule has 1 aliphatic rings. The van der Waals surface area contributed by atoms with Crippen molar-refractivity contribution in [1.82, 2.24) is 10.3 Å². The van der Waals surface area contributed by atoms with E-state index in [4.69, 9.17) is 4.74 Å². The first-order valence-electron chi connectivity index (χ1n) is 9.07. The van der Waals surface area contributed by atoms with Crippen molar-refractivity contribution in [3.8, 4) is 5.75 Å². The van der Waals surface area contributed by atoms with Gasteiger partial charge < -0.3 is 15.0 Å². The summed E-state index contributed by atoms with van der Waals surface area (Å²) in [4.78, 5) is 29.0. The van der Waals surface area contributed by atoms with Crippen LogP contribution in [-0.4, -0.2) is 36.5 Å². The number of methoxy groups -OCH3 is 1. The highest BCUT2D eigenvalue weighted by Crippen LogP contribution is 2.26. The highest BCUT2D eigenvalue weighted by molar-refractivity contribution is 6.22. The van der Waals surface area contributed by atoms with Gasteiger partial charge in [-0.2, -0.15) is 0 Å². The SMILES string of the molecule is COc1ccc2[nH]cc(CCN[C@H]3CC(=O)N(c4ccccc4F)C3=O)c2c1. The number of para-hydroxylation sites is 1. The van der Waals surface area contributed by atoms with Crippen LogP contribution >= 0.6 is 0 Å². The fourth-order valence-corrected chi connectivity index (χ4v) is 3.55. The number of amides is 2. The van der Waals surface area contributed by atoms with Gasteiger partial charge in [0.25, 0.3) is 5.91 Å². The first-order chi connectivity index (χ1) is 13.6.